The van der Waals surface area contributed by atoms with Crippen molar-refractivity contribution >= 4 is 17.7 Å². The average molecular weight is 411 g/mol. The summed E-state index contributed by atoms with van der Waals surface area (Å²) in [4.78, 5) is 14.5. The lowest BCUT2D eigenvalue weighted by atomic mass is 10.1. The summed E-state index contributed by atoms with van der Waals surface area (Å²) in [5.74, 6) is 1.96. The summed E-state index contributed by atoms with van der Waals surface area (Å²) >= 11 is 1.42. The molecule has 0 N–H and O–H groups in total. The fourth-order valence-corrected chi connectivity index (χ4v) is 3.96. The lowest BCUT2D eigenvalue weighted by Crippen LogP contribution is -2.31. The number of carbonyl (C=O) groups excluding carboxylic acids is 1. The Hall–Kier alpha value is -2.80. The van der Waals surface area contributed by atoms with E-state index < -0.39 is 0 Å². The van der Waals surface area contributed by atoms with Crippen LogP contribution in [0.5, 0.6) is 5.75 Å². The molecular weight excluding hydrogens is 384 g/mol. The monoisotopic (exact) mass is 410 g/mol. The number of aromatic nitrogens is 3. The molecule has 0 saturated heterocycles. The number of nitrogens with zero attached hydrogens (tertiary/aromatic N) is 4. The highest BCUT2D eigenvalue weighted by atomic mass is 32.2. The summed E-state index contributed by atoms with van der Waals surface area (Å²) in [6.45, 7) is 4.81. The van der Waals surface area contributed by atoms with Crippen molar-refractivity contribution in [3.8, 4) is 17.1 Å². The fourth-order valence-electron chi connectivity index (χ4n) is 3.03. The third-order valence-electron chi connectivity index (χ3n) is 4.96. The van der Waals surface area contributed by atoms with E-state index in [1.807, 2.05) is 80.1 Å². The molecule has 0 radical (unpaired) electrons. The molecule has 7 heteroatoms. The topological polar surface area (TPSA) is 60.2 Å². The molecule has 29 heavy (non-hydrogen) atoms. The Bertz CT molecular complexity index is 941. The summed E-state index contributed by atoms with van der Waals surface area (Å²) < 4.78 is 7.24. The standard InChI is InChI=1S/C22H26N4O2S/c1-5-26-21(18-11-13-19(28-4)14-12-18)23-24-22(26)29-15-20(27)25(3)16(2)17-9-7-6-8-10-17/h6-14,16H,5,15H2,1-4H3/t16-/m0/s1. The van der Waals surface area contributed by atoms with E-state index in [4.69, 9.17) is 4.74 Å². The van der Waals surface area contributed by atoms with Gasteiger partial charge in [-0.3, -0.25) is 4.79 Å². The normalized spacial score (nSPS) is 11.9. The first-order valence-electron chi connectivity index (χ1n) is 9.56. The van der Waals surface area contributed by atoms with Crippen molar-refractivity contribution in [2.75, 3.05) is 19.9 Å². The molecule has 0 aliphatic carbocycles. The predicted octanol–water partition coefficient (Wildman–Crippen LogP) is 4.29. The van der Waals surface area contributed by atoms with Crippen molar-refractivity contribution in [3.05, 3.63) is 60.2 Å². The van der Waals surface area contributed by atoms with Gasteiger partial charge in [-0.2, -0.15) is 0 Å². The second-order valence-corrected chi connectivity index (χ2v) is 7.60. The van der Waals surface area contributed by atoms with E-state index in [-0.39, 0.29) is 11.9 Å². The van der Waals surface area contributed by atoms with Gasteiger partial charge in [0.1, 0.15) is 5.75 Å². The van der Waals surface area contributed by atoms with E-state index in [9.17, 15) is 4.79 Å². The second kappa shape index (κ2) is 9.60. The van der Waals surface area contributed by atoms with Gasteiger partial charge >= 0.3 is 0 Å². The number of benzene rings is 2. The van der Waals surface area contributed by atoms with E-state index >= 15 is 0 Å². The van der Waals surface area contributed by atoms with Crippen LogP contribution in [-0.2, 0) is 11.3 Å². The Balaban J connectivity index is 1.68. The van der Waals surface area contributed by atoms with Crippen LogP contribution in [0.1, 0.15) is 25.5 Å². The number of carbonyl (C=O) groups is 1. The van der Waals surface area contributed by atoms with Crippen molar-refractivity contribution in [2.24, 2.45) is 0 Å². The summed E-state index contributed by atoms with van der Waals surface area (Å²) in [5, 5.41) is 9.40. The van der Waals surface area contributed by atoms with Crippen LogP contribution in [-0.4, -0.2) is 45.5 Å². The molecule has 6 nitrogen and oxygen atoms in total. The predicted molar refractivity (Wildman–Crippen MR) is 116 cm³/mol. The van der Waals surface area contributed by atoms with Crippen molar-refractivity contribution in [1.82, 2.24) is 19.7 Å². The quantitative estimate of drug-likeness (QED) is 0.519. The lowest BCUT2D eigenvalue weighted by molar-refractivity contribution is -0.128. The number of hydrogen-bond acceptors (Lipinski definition) is 5. The first-order chi connectivity index (χ1) is 14.0. The Labute approximate surface area is 175 Å². The van der Waals surface area contributed by atoms with Crippen LogP contribution in [0, 0.1) is 0 Å². The zero-order valence-electron chi connectivity index (χ0n) is 17.2. The highest BCUT2D eigenvalue weighted by Gasteiger charge is 2.19. The fraction of sp³-hybridized carbons (Fsp3) is 0.318. The highest BCUT2D eigenvalue weighted by molar-refractivity contribution is 7.99. The largest absolute Gasteiger partial charge is 0.497 e. The van der Waals surface area contributed by atoms with Crippen molar-refractivity contribution in [3.63, 3.8) is 0 Å². The van der Waals surface area contributed by atoms with Crippen LogP contribution >= 0.6 is 11.8 Å². The average Bonchev–Trinajstić information content (AvgIpc) is 3.19. The summed E-state index contributed by atoms with van der Waals surface area (Å²) in [7, 11) is 3.48. The van der Waals surface area contributed by atoms with Crippen LogP contribution in [0.4, 0.5) is 0 Å². The first-order valence-corrected chi connectivity index (χ1v) is 10.5. The van der Waals surface area contributed by atoms with Gasteiger partial charge in [-0.15, -0.1) is 10.2 Å². The molecule has 0 bridgehead atoms. The van der Waals surface area contributed by atoms with E-state index in [1.165, 1.54) is 11.8 Å². The molecule has 152 valence electrons. The smallest absolute Gasteiger partial charge is 0.233 e. The Morgan fingerprint density at radius 2 is 1.83 bits per heavy atom. The summed E-state index contributed by atoms with van der Waals surface area (Å²) in [5.41, 5.74) is 2.08. The number of thioether (sulfide) groups is 1. The van der Waals surface area contributed by atoms with Gasteiger partial charge in [-0.05, 0) is 43.7 Å². The summed E-state index contributed by atoms with van der Waals surface area (Å²) in [6, 6.07) is 17.8. The number of amides is 1. The third-order valence-corrected chi connectivity index (χ3v) is 5.91. The van der Waals surface area contributed by atoms with Crippen LogP contribution < -0.4 is 4.74 Å². The minimum Gasteiger partial charge on any atom is -0.497 e. The van der Waals surface area contributed by atoms with Gasteiger partial charge in [-0.25, -0.2) is 0 Å². The number of ether oxygens (including phenoxy) is 1. The van der Waals surface area contributed by atoms with E-state index in [1.54, 1.807) is 12.0 Å². The molecule has 0 spiro atoms. The SMILES string of the molecule is CCn1c(SCC(=O)N(C)[C@@H](C)c2ccccc2)nnc1-c1ccc(OC)cc1. The molecule has 0 unspecified atom stereocenters. The molecule has 0 fully saturated rings. The minimum absolute atomic E-state index is 0.0169. The molecule has 1 atom stereocenters. The van der Waals surface area contributed by atoms with E-state index in [0.717, 1.165) is 34.4 Å². The first kappa shape index (κ1) is 20.9. The van der Waals surface area contributed by atoms with Crippen molar-refractivity contribution in [1.29, 1.82) is 0 Å². The molecular formula is C22H26N4O2S. The molecule has 1 aromatic heterocycles. The number of rotatable bonds is 8. The minimum atomic E-state index is 0.0169. The molecule has 0 saturated carbocycles. The molecule has 1 heterocycles. The van der Waals surface area contributed by atoms with Gasteiger partial charge in [0, 0.05) is 19.2 Å². The third kappa shape index (κ3) is 4.79. The van der Waals surface area contributed by atoms with Crippen LogP contribution in [0.15, 0.2) is 59.8 Å². The Morgan fingerprint density at radius 3 is 2.45 bits per heavy atom. The maximum atomic E-state index is 12.7. The zero-order chi connectivity index (χ0) is 20.8. The van der Waals surface area contributed by atoms with Crippen molar-refractivity contribution in [2.45, 2.75) is 31.6 Å². The number of methoxy groups -OCH3 is 1. The number of hydrogen-bond donors (Lipinski definition) is 0. The van der Waals surface area contributed by atoms with Gasteiger partial charge in [0.25, 0.3) is 0 Å². The zero-order valence-corrected chi connectivity index (χ0v) is 18.0. The Morgan fingerprint density at radius 1 is 1.14 bits per heavy atom. The van der Waals surface area contributed by atoms with Gasteiger partial charge < -0.3 is 14.2 Å². The van der Waals surface area contributed by atoms with E-state index in [0.29, 0.717) is 5.75 Å². The van der Waals surface area contributed by atoms with Gasteiger partial charge in [-0.1, -0.05) is 42.1 Å². The maximum absolute atomic E-state index is 12.7. The van der Waals surface area contributed by atoms with Crippen LogP contribution in [0.25, 0.3) is 11.4 Å². The van der Waals surface area contributed by atoms with Gasteiger partial charge in [0.15, 0.2) is 11.0 Å². The van der Waals surface area contributed by atoms with Crippen LogP contribution in [0.3, 0.4) is 0 Å². The molecule has 3 aromatic rings. The second-order valence-electron chi connectivity index (χ2n) is 6.66. The molecule has 2 aromatic carbocycles. The molecule has 0 aliphatic rings. The van der Waals surface area contributed by atoms with Crippen molar-refractivity contribution < 1.29 is 9.53 Å². The van der Waals surface area contributed by atoms with Gasteiger partial charge in [0.2, 0.25) is 5.91 Å². The van der Waals surface area contributed by atoms with Gasteiger partial charge in [0.05, 0.1) is 18.9 Å². The summed E-state index contributed by atoms with van der Waals surface area (Å²) in [6.07, 6.45) is 0. The van der Waals surface area contributed by atoms with Crippen LogP contribution in [0.2, 0.25) is 0 Å². The van der Waals surface area contributed by atoms with E-state index in [2.05, 4.69) is 10.2 Å². The Kier molecular flexibility index (Phi) is 6.93. The maximum Gasteiger partial charge on any atom is 0.233 e. The lowest BCUT2D eigenvalue weighted by Gasteiger charge is -2.25. The molecule has 0 aliphatic heterocycles. The molecule has 1 amide bonds. The highest BCUT2D eigenvalue weighted by Crippen LogP contribution is 2.26. The molecule has 3 rings (SSSR count).